The number of halogens is 1. The smallest absolute Gasteiger partial charge is 0.115 e. The van der Waals surface area contributed by atoms with Gasteiger partial charge in [0.2, 0.25) is 0 Å². The molecule has 2 heteroatoms. The molecule has 0 saturated carbocycles. The van der Waals surface area contributed by atoms with Crippen molar-refractivity contribution < 1.29 is 0 Å². The van der Waals surface area contributed by atoms with Crippen molar-refractivity contribution in [3.8, 4) is 0 Å². The van der Waals surface area contributed by atoms with Gasteiger partial charge in [0.05, 0.1) is 0 Å². The Balaban J connectivity index is 4.65. The van der Waals surface area contributed by atoms with Gasteiger partial charge in [-0.05, 0) is 5.04 Å². The summed E-state index contributed by atoms with van der Waals surface area (Å²) >= 11 is 3.71. The van der Waals surface area contributed by atoms with E-state index in [4.69, 9.17) is 0 Å². The third-order valence-corrected chi connectivity index (χ3v) is 10.7. The average Bonchev–Trinajstić information content (AvgIpc) is 1.84. The molecule has 0 spiro atoms. The molecule has 0 amide bonds. The number of rotatable bonds is 2. The molecule has 0 N–H and O–H groups in total. The predicted octanol–water partition coefficient (Wildman–Crippen LogP) is 3.58. The van der Waals surface area contributed by atoms with Gasteiger partial charge in [-0.3, -0.25) is 0 Å². The Bertz CT molecular complexity index is 136. The first kappa shape index (κ1) is 10.2. The van der Waals surface area contributed by atoms with Gasteiger partial charge in [-0.25, -0.2) is 0 Å². The van der Waals surface area contributed by atoms with Crippen LogP contribution in [-0.2, 0) is 0 Å². The summed E-state index contributed by atoms with van der Waals surface area (Å²) in [6, 6.07) is 0. The quantitative estimate of drug-likeness (QED) is 0.492. The summed E-state index contributed by atoms with van der Waals surface area (Å²) in [4.78, 5) is 0. The zero-order valence-electron chi connectivity index (χ0n) is 6.95. The van der Waals surface area contributed by atoms with Crippen LogP contribution in [0.4, 0.5) is 0 Å². The van der Waals surface area contributed by atoms with Crippen molar-refractivity contribution in [3.05, 3.63) is 24.6 Å². The minimum atomic E-state index is -1.56. The van der Waals surface area contributed by atoms with Gasteiger partial charge in [0.25, 0.3) is 0 Å². The molecule has 10 heavy (non-hydrogen) atoms. The van der Waals surface area contributed by atoms with Crippen LogP contribution in [0.5, 0.6) is 0 Å². The van der Waals surface area contributed by atoms with Crippen LogP contribution >= 0.6 is 15.3 Å². The summed E-state index contributed by atoms with van der Waals surface area (Å²) in [5.41, 5.74) is 4.03. The van der Waals surface area contributed by atoms with E-state index in [1.807, 2.05) is 11.4 Å². The lowest BCUT2D eigenvalue weighted by molar-refractivity contribution is 0.745. The highest BCUT2D eigenvalue weighted by Gasteiger charge is 2.36. The molecule has 0 aromatic rings. The van der Waals surface area contributed by atoms with Crippen LogP contribution in [0.1, 0.15) is 20.8 Å². The van der Waals surface area contributed by atoms with Crippen LogP contribution in [0.25, 0.3) is 0 Å². The van der Waals surface area contributed by atoms with Crippen molar-refractivity contribution in [2.75, 3.05) is 0 Å². The molecule has 0 atom stereocenters. The van der Waals surface area contributed by atoms with E-state index < -0.39 is 6.69 Å². The fraction of sp³-hybridized carbons (Fsp3) is 0.500. The van der Waals surface area contributed by atoms with Crippen molar-refractivity contribution in [1.29, 1.82) is 0 Å². The maximum absolute atomic E-state index is 3.81. The zero-order chi connectivity index (χ0) is 8.41. The molecule has 0 aromatic heterocycles. The average molecular weight is 219 g/mol. The third kappa shape index (κ3) is 1.83. The molecule has 0 heterocycles. The minimum absolute atomic E-state index is 0.274. The van der Waals surface area contributed by atoms with Crippen molar-refractivity contribution in [2.45, 2.75) is 25.8 Å². The minimum Gasteiger partial charge on any atom is -0.115 e. The van der Waals surface area contributed by atoms with E-state index in [2.05, 4.69) is 49.2 Å². The topological polar surface area (TPSA) is 0 Å². The van der Waals surface area contributed by atoms with Crippen LogP contribution < -0.4 is 0 Å². The molecular weight excluding hydrogens is 204 g/mol. The van der Waals surface area contributed by atoms with Gasteiger partial charge in [-0.1, -0.05) is 32.2 Å². The Labute approximate surface area is 72.6 Å². The molecule has 0 unspecified atom stereocenters. The third-order valence-electron chi connectivity index (χ3n) is 1.74. The van der Waals surface area contributed by atoms with E-state index in [-0.39, 0.29) is 5.04 Å². The lowest BCUT2D eigenvalue weighted by Crippen LogP contribution is -2.33. The maximum Gasteiger partial charge on any atom is 0.180 e. The predicted molar refractivity (Wildman–Crippen MR) is 54.8 cm³/mol. The van der Waals surface area contributed by atoms with Crippen molar-refractivity contribution >= 4 is 22.0 Å². The highest BCUT2D eigenvalue weighted by atomic mass is 79.9. The SMILES string of the molecule is C=C[Si](Br)(C=C)C(C)(C)C. The number of hydrogen-bond acceptors (Lipinski definition) is 0. The van der Waals surface area contributed by atoms with Gasteiger partial charge < -0.3 is 0 Å². The van der Waals surface area contributed by atoms with Crippen molar-refractivity contribution in [3.63, 3.8) is 0 Å². The second kappa shape index (κ2) is 3.05. The normalized spacial score (nSPS) is 12.8. The zero-order valence-corrected chi connectivity index (χ0v) is 9.53. The molecule has 0 aliphatic carbocycles. The Morgan fingerprint density at radius 2 is 1.50 bits per heavy atom. The van der Waals surface area contributed by atoms with Gasteiger partial charge in [0, 0.05) is 0 Å². The fourth-order valence-corrected chi connectivity index (χ4v) is 2.09. The Hall–Kier alpha value is 0.177. The Morgan fingerprint density at radius 1 is 1.20 bits per heavy atom. The molecule has 0 rings (SSSR count). The van der Waals surface area contributed by atoms with Crippen LogP contribution in [0, 0.1) is 0 Å². The van der Waals surface area contributed by atoms with E-state index >= 15 is 0 Å². The maximum atomic E-state index is 3.81. The first-order valence-electron chi connectivity index (χ1n) is 3.33. The van der Waals surface area contributed by atoms with Gasteiger partial charge in [-0.15, -0.1) is 28.5 Å². The van der Waals surface area contributed by atoms with Crippen LogP contribution in [0.2, 0.25) is 5.04 Å². The highest BCUT2D eigenvalue weighted by Crippen LogP contribution is 2.41. The van der Waals surface area contributed by atoms with Gasteiger partial charge >= 0.3 is 0 Å². The molecule has 0 saturated heterocycles. The number of hydrogen-bond donors (Lipinski definition) is 0. The van der Waals surface area contributed by atoms with Crippen molar-refractivity contribution in [1.82, 2.24) is 0 Å². The molecule has 0 bridgehead atoms. The summed E-state index contributed by atoms with van der Waals surface area (Å²) in [5.74, 6) is 0. The molecule has 0 radical (unpaired) electrons. The van der Waals surface area contributed by atoms with Gasteiger partial charge in [-0.2, -0.15) is 0 Å². The first-order valence-corrected chi connectivity index (χ1v) is 7.74. The molecular formula is C8H15BrSi. The fourth-order valence-electron chi connectivity index (χ4n) is 0.696. The summed E-state index contributed by atoms with van der Waals surface area (Å²) < 4.78 is 0. The Morgan fingerprint density at radius 3 is 1.50 bits per heavy atom. The van der Waals surface area contributed by atoms with Gasteiger partial charge in [0.1, 0.15) is 0 Å². The molecule has 0 fully saturated rings. The van der Waals surface area contributed by atoms with E-state index in [9.17, 15) is 0 Å². The molecule has 0 aliphatic heterocycles. The highest BCUT2D eigenvalue weighted by molar-refractivity contribution is 9.26. The molecule has 0 aromatic carbocycles. The van der Waals surface area contributed by atoms with E-state index in [1.165, 1.54) is 0 Å². The molecule has 0 nitrogen and oxygen atoms in total. The second-order valence-electron chi connectivity index (χ2n) is 3.43. The second-order valence-corrected chi connectivity index (χ2v) is 11.2. The summed E-state index contributed by atoms with van der Waals surface area (Å²) in [7, 11) is 0. The monoisotopic (exact) mass is 218 g/mol. The first-order chi connectivity index (χ1) is 4.37. The molecule has 58 valence electrons. The van der Waals surface area contributed by atoms with Crippen molar-refractivity contribution in [2.24, 2.45) is 0 Å². The largest absolute Gasteiger partial charge is 0.180 e. The van der Waals surface area contributed by atoms with E-state index in [0.29, 0.717) is 0 Å². The van der Waals surface area contributed by atoms with Gasteiger partial charge in [0.15, 0.2) is 6.69 Å². The van der Waals surface area contributed by atoms with Crippen LogP contribution in [-0.4, -0.2) is 6.69 Å². The standard InChI is InChI=1S/C8H15BrSi/c1-6-10(9,7-2)8(3,4)5/h6-7H,1-2H2,3-5H3. The molecule has 0 aliphatic rings. The summed E-state index contributed by atoms with van der Waals surface area (Å²) in [6.45, 7) is 12.7. The lowest BCUT2D eigenvalue weighted by atomic mass is 10.2. The summed E-state index contributed by atoms with van der Waals surface area (Å²) in [5, 5.41) is 0.274. The lowest BCUT2D eigenvalue weighted by Gasteiger charge is -2.31. The van der Waals surface area contributed by atoms with Crippen LogP contribution in [0.15, 0.2) is 24.6 Å². The van der Waals surface area contributed by atoms with Crippen LogP contribution in [0.3, 0.4) is 0 Å². The summed E-state index contributed by atoms with van der Waals surface area (Å²) in [6.07, 6.45) is 0. The van der Waals surface area contributed by atoms with E-state index in [1.54, 1.807) is 0 Å². The van der Waals surface area contributed by atoms with E-state index in [0.717, 1.165) is 0 Å². The Kier molecular flexibility index (Phi) is 3.11.